The Bertz CT molecular complexity index is 1970. The van der Waals surface area contributed by atoms with Crippen molar-refractivity contribution in [3.05, 3.63) is 101 Å². The van der Waals surface area contributed by atoms with Crippen molar-refractivity contribution in [2.24, 2.45) is 5.10 Å². The molecule has 1 aliphatic heterocycles. The lowest BCUT2D eigenvalue weighted by Crippen LogP contribution is -2.24. The quantitative estimate of drug-likeness (QED) is 0.116. The first-order valence-corrected chi connectivity index (χ1v) is 17.5. The number of methoxy groups -OCH3 is 2. The van der Waals surface area contributed by atoms with E-state index in [0.29, 0.717) is 31.1 Å². The lowest BCUT2D eigenvalue weighted by atomic mass is 9.95. The lowest BCUT2D eigenvalue weighted by molar-refractivity contribution is -0.130. The normalized spacial score (nSPS) is 14.2. The average Bonchev–Trinajstić information content (AvgIpc) is 3.75. The highest BCUT2D eigenvalue weighted by Gasteiger charge is 2.32. The summed E-state index contributed by atoms with van der Waals surface area (Å²) in [7, 11) is 3.31. The maximum atomic E-state index is 12.7. The number of unbranched alkanes of at least 4 members (excludes halogenated alkanes) is 2. The second kappa shape index (κ2) is 15.1. The minimum atomic E-state index is -0.248. The van der Waals surface area contributed by atoms with Crippen LogP contribution in [0.2, 0.25) is 0 Å². The number of carbonyl (C=O) groups excluding carboxylic acids is 1. The van der Waals surface area contributed by atoms with Gasteiger partial charge in [0, 0.05) is 24.5 Å². The second-order valence-electron chi connectivity index (χ2n) is 12.4. The van der Waals surface area contributed by atoms with Crippen molar-refractivity contribution >= 4 is 33.2 Å². The van der Waals surface area contributed by atoms with Crippen LogP contribution in [-0.4, -0.2) is 49.0 Å². The molecule has 2 heterocycles. The Hall–Kier alpha value is -4.89. The van der Waals surface area contributed by atoms with E-state index in [9.17, 15) is 4.79 Å². The van der Waals surface area contributed by atoms with Gasteiger partial charge in [0.2, 0.25) is 5.91 Å². The van der Waals surface area contributed by atoms with Gasteiger partial charge in [-0.3, -0.25) is 4.79 Å². The third-order valence-corrected chi connectivity index (χ3v) is 10.1. The van der Waals surface area contributed by atoms with Gasteiger partial charge >= 0.3 is 0 Å². The Labute approximate surface area is 292 Å². The maximum Gasteiger partial charge on any atom is 0.240 e. The number of thiazole rings is 1. The van der Waals surface area contributed by atoms with E-state index in [1.54, 1.807) is 37.5 Å². The molecule has 6 rings (SSSR count). The Kier molecular flexibility index (Phi) is 10.5. The van der Waals surface area contributed by atoms with Crippen LogP contribution in [0.15, 0.2) is 77.9 Å². The Balaban J connectivity index is 1.04. The molecule has 1 aromatic heterocycles. The highest BCUT2D eigenvalue weighted by atomic mass is 32.1. The standard InChI is InChI=1S/C40H43N3O5S/c1-25-14-15-30(40-41-32-12-8-9-13-39(32)49-40)22-36(25)47-18-10-7-11-19-48-38-21-29(16-17-35(38)45-5)34-24-33(42-43(34)28(4)44)31-20-26(2)27(3)37(23-31)46-6/h8-9,12-17,20-23,34H,7,10-11,18-19,24H2,1-6H3. The van der Waals surface area contributed by atoms with Gasteiger partial charge in [0.05, 0.1) is 49.4 Å². The summed E-state index contributed by atoms with van der Waals surface area (Å²) in [4.78, 5) is 17.5. The van der Waals surface area contributed by atoms with Crippen LogP contribution in [0.1, 0.15) is 66.5 Å². The highest BCUT2D eigenvalue weighted by molar-refractivity contribution is 7.21. The summed E-state index contributed by atoms with van der Waals surface area (Å²) < 4.78 is 24.8. The number of hydrogen-bond donors (Lipinski definition) is 0. The molecule has 0 bridgehead atoms. The van der Waals surface area contributed by atoms with Crippen LogP contribution in [0, 0.1) is 20.8 Å². The number of fused-ring (bicyclic) bond motifs is 1. The molecule has 1 amide bonds. The molecule has 1 aliphatic rings. The number of para-hydroxylation sites is 1. The van der Waals surface area contributed by atoms with E-state index in [2.05, 4.69) is 44.2 Å². The van der Waals surface area contributed by atoms with Crippen molar-refractivity contribution in [1.29, 1.82) is 0 Å². The largest absolute Gasteiger partial charge is 0.496 e. The molecule has 0 aliphatic carbocycles. The smallest absolute Gasteiger partial charge is 0.240 e. The number of aromatic nitrogens is 1. The van der Waals surface area contributed by atoms with Crippen molar-refractivity contribution in [3.8, 4) is 33.6 Å². The fourth-order valence-electron chi connectivity index (χ4n) is 6.08. The van der Waals surface area contributed by atoms with Gasteiger partial charge in [-0.05, 0) is 105 Å². The van der Waals surface area contributed by atoms with E-state index < -0.39 is 0 Å². The first-order valence-electron chi connectivity index (χ1n) is 16.7. The summed E-state index contributed by atoms with van der Waals surface area (Å²) >= 11 is 1.70. The molecule has 1 unspecified atom stereocenters. The van der Waals surface area contributed by atoms with Gasteiger partial charge in [0.15, 0.2) is 11.5 Å². The number of rotatable bonds is 13. The highest BCUT2D eigenvalue weighted by Crippen LogP contribution is 2.39. The van der Waals surface area contributed by atoms with Crippen LogP contribution in [0.5, 0.6) is 23.0 Å². The molecule has 0 saturated carbocycles. The van der Waals surface area contributed by atoms with Crippen molar-refractivity contribution in [2.45, 2.75) is 59.4 Å². The molecule has 0 spiro atoms. The predicted molar refractivity (Wildman–Crippen MR) is 197 cm³/mol. The van der Waals surface area contributed by atoms with Gasteiger partial charge in [-0.25, -0.2) is 9.99 Å². The molecule has 1 atom stereocenters. The van der Waals surface area contributed by atoms with Crippen molar-refractivity contribution in [2.75, 3.05) is 27.4 Å². The summed E-state index contributed by atoms with van der Waals surface area (Å²) in [5.74, 6) is 2.90. The summed E-state index contributed by atoms with van der Waals surface area (Å²) in [6.45, 7) is 8.88. The Morgan fingerprint density at radius 2 is 1.53 bits per heavy atom. The Morgan fingerprint density at radius 3 is 2.27 bits per heavy atom. The number of hydrogen-bond acceptors (Lipinski definition) is 8. The number of aryl methyl sites for hydroxylation is 2. The monoisotopic (exact) mass is 677 g/mol. The molecule has 0 saturated heterocycles. The maximum absolute atomic E-state index is 12.7. The molecule has 0 radical (unpaired) electrons. The fourth-order valence-corrected chi connectivity index (χ4v) is 7.05. The molecule has 49 heavy (non-hydrogen) atoms. The van der Waals surface area contributed by atoms with Gasteiger partial charge < -0.3 is 18.9 Å². The molecule has 0 fully saturated rings. The van der Waals surface area contributed by atoms with Gasteiger partial charge in [0.1, 0.15) is 16.5 Å². The third kappa shape index (κ3) is 7.57. The average molecular weight is 678 g/mol. The predicted octanol–water partition coefficient (Wildman–Crippen LogP) is 9.23. The zero-order valence-electron chi connectivity index (χ0n) is 29.0. The summed E-state index contributed by atoms with van der Waals surface area (Å²) in [6.07, 6.45) is 3.31. The van der Waals surface area contributed by atoms with Crippen molar-refractivity contribution in [3.63, 3.8) is 0 Å². The van der Waals surface area contributed by atoms with E-state index in [0.717, 1.165) is 80.4 Å². The number of amides is 1. The van der Waals surface area contributed by atoms with E-state index >= 15 is 0 Å². The van der Waals surface area contributed by atoms with Crippen molar-refractivity contribution < 1.29 is 23.7 Å². The minimum absolute atomic E-state index is 0.116. The zero-order chi connectivity index (χ0) is 34.5. The Morgan fingerprint density at radius 1 is 0.796 bits per heavy atom. The van der Waals surface area contributed by atoms with Gasteiger partial charge in [0.25, 0.3) is 0 Å². The molecular formula is C40H43N3O5S. The molecule has 5 aromatic rings. The minimum Gasteiger partial charge on any atom is -0.496 e. The molecule has 0 N–H and O–H groups in total. The van der Waals surface area contributed by atoms with E-state index in [-0.39, 0.29) is 11.9 Å². The van der Waals surface area contributed by atoms with E-state index in [1.807, 2.05) is 49.4 Å². The first-order chi connectivity index (χ1) is 23.7. The molecule has 8 nitrogen and oxygen atoms in total. The van der Waals surface area contributed by atoms with Crippen molar-refractivity contribution in [1.82, 2.24) is 9.99 Å². The van der Waals surface area contributed by atoms with Crippen LogP contribution in [-0.2, 0) is 4.79 Å². The van der Waals surface area contributed by atoms with Gasteiger partial charge in [-0.1, -0.05) is 30.3 Å². The van der Waals surface area contributed by atoms with Crippen LogP contribution in [0.3, 0.4) is 0 Å². The number of nitrogens with zero attached hydrogens (tertiary/aromatic N) is 3. The van der Waals surface area contributed by atoms with Crippen LogP contribution >= 0.6 is 11.3 Å². The van der Waals surface area contributed by atoms with Gasteiger partial charge in [-0.2, -0.15) is 5.10 Å². The lowest BCUT2D eigenvalue weighted by Gasteiger charge is -2.22. The second-order valence-corrected chi connectivity index (χ2v) is 13.4. The molecule has 9 heteroatoms. The van der Waals surface area contributed by atoms with Crippen LogP contribution in [0.25, 0.3) is 20.8 Å². The molecule has 254 valence electrons. The number of carbonyl (C=O) groups is 1. The summed E-state index contributed by atoms with van der Waals surface area (Å²) in [5.41, 5.74) is 8.16. The van der Waals surface area contributed by atoms with E-state index in [1.165, 1.54) is 4.70 Å². The van der Waals surface area contributed by atoms with Crippen LogP contribution in [0.4, 0.5) is 0 Å². The topological polar surface area (TPSA) is 82.5 Å². The molecule has 4 aromatic carbocycles. The number of hydrazone groups is 1. The van der Waals surface area contributed by atoms with E-state index in [4.69, 9.17) is 29.0 Å². The van der Waals surface area contributed by atoms with Gasteiger partial charge in [-0.15, -0.1) is 11.3 Å². The number of ether oxygens (including phenoxy) is 4. The zero-order valence-corrected chi connectivity index (χ0v) is 29.9. The summed E-state index contributed by atoms with van der Waals surface area (Å²) in [6, 6.07) is 24.2. The number of benzene rings is 4. The third-order valence-electron chi connectivity index (χ3n) is 9.01. The first kappa shape index (κ1) is 34.0. The SMILES string of the molecule is COc1ccc(C2CC(c3cc(C)c(C)c(OC)c3)=NN2C(C)=O)cc1OCCCCCOc1cc(-c2nc3ccccc3s2)ccc1C. The van der Waals surface area contributed by atoms with Crippen LogP contribution < -0.4 is 18.9 Å². The summed E-state index contributed by atoms with van der Waals surface area (Å²) in [5, 5.41) is 7.32. The molecular weight excluding hydrogens is 635 g/mol. The fraction of sp³-hybridized carbons (Fsp3) is 0.325.